The molecule has 2 amide bonds. The van der Waals surface area contributed by atoms with Crippen LogP contribution in [0.25, 0.3) is 0 Å². The topological polar surface area (TPSA) is 46.6 Å². The minimum Gasteiger partial charge on any atom is -0.413 e. The molecule has 1 heterocycles. The summed E-state index contributed by atoms with van der Waals surface area (Å²) in [5.41, 5.74) is 0. The second kappa shape index (κ2) is 6.44. The van der Waals surface area contributed by atoms with Crippen LogP contribution in [-0.4, -0.2) is 37.7 Å². The average Bonchev–Trinajstić information content (AvgIpc) is 2.32. The Bertz CT molecular complexity index is 426. The number of carbonyl (C=O) groups excluding carboxylic acids is 2. The Hall–Kier alpha value is -0.943. The van der Waals surface area contributed by atoms with Crippen LogP contribution in [0.4, 0.5) is 0 Å². The van der Waals surface area contributed by atoms with Gasteiger partial charge in [-0.3, -0.25) is 14.5 Å². The fourth-order valence-corrected chi connectivity index (χ4v) is 3.56. The molecule has 0 aromatic heterocycles. The Kier molecular flexibility index (Phi) is 5.55. The zero-order chi connectivity index (χ0) is 16.4. The molecule has 1 aliphatic heterocycles. The fourth-order valence-electron chi connectivity index (χ4n) is 2.11. The molecule has 0 saturated carbocycles. The van der Waals surface area contributed by atoms with Gasteiger partial charge in [0.2, 0.25) is 11.8 Å². The highest BCUT2D eigenvalue weighted by Gasteiger charge is 2.47. The highest BCUT2D eigenvalue weighted by molar-refractivity contribution is 6.74. The number of hydrogen-bond donors (Lipinski definition) is 0. The zero-order valence-corrected chi connectivity index (χ0v) is 15.2. The van der Waals surface area contributed by atoms with Crippen LogP contribution < -0.4 is 0 Å². The second-order valence-electron chi connectivity index (χ2n) is 7.36. The molecule has 1 aliphatic rings. The summed E-state index contributed by atoms with van der Waals surface area (Å²) in [5.74, 6) is -0.363. The van der Waals surface area contributed by atoms with Crippen LogP contribution >= 0.6 is 0 Å². The van der Waals surface area contributed by atoms with Crippen molar-refractivity contribution in [2.24, 2.45) is 5.92 Å². The van der Waals surface area contributed by atoms with Crippen LogP contribution in [0.3, 0.4) is 0 Å². The summed E-state index contributed by atoms with van der Waals surface area (Å²) in [6.07, 6.45) is 2.55. The summed E-state index contributed by atoms with van der Waals surface area (Å²) in [6, 6.07) is 0. The number of imide groups is 1. The maximum absolute atomic E-state index is 12.2. The van der Waals surface area contributed by atoms with Crippen LogP contribution in [0.2, 0.25) is 18.1 Å². The molecule has 5 heteroatoms. The van der Waals surface area contributed by atoms with Crippen LogP contribution in [0.15, 0.2) is 12.7 Å². The maximum Gasteiger partial charge on any atom is 0.236 e. The van der Waals surface area contributed by atoms with E-state index >= 15 is 0 Å². The lowest BCUT2D eigenvalue weighted by atomic mass is 9.93. The Morgan fingerprint density at radius 2 is 2.10 bits per heavy atom. The van der Waals surface area contributed by atoms with Crippen molar-refractivity contribution in [3.8, 4) is 0 Å². The van der Waals surface area contributed by atoms with Crippen molar-refractivity contribution in [3.05, 3.63) is 12.7 Å². The molecule has 120 valence electrons. The van der Waals surface area contributed by atoms with Gasteiger partial charge in [-0.25, -0.2) is 0 Å². The molecule has 0 aliphatic carbocycles. The van der Waals surface area contributed by atoms with E-state index in [0.29, 0.717) is 19.4 Å². The van der Waals surface area contributed by atoms with E-state index in [9.17, 15) is 9.59 Å². The number of carbonyl (C=O) groups is 2. The molecule has 0 aromatic carbocycles. The van der Waals surface area contributed by atoms with Crippen molar-refractivity contribution in [1.82, 2.24) is 4.90 Å². The molecule has 0 spiro atoms. The van der Waals surface area contributed by atoms with E-state index in [-0.39, 0.29) is 28.9 Å². The van der Waals surface area contributed by atoms with Crippen molar-refractivity contribution in [2.75, 3.05) is 6.54 Å². The molecule has 0 unspecified atom stereocenters. The van der Waals surface area contributed by atoms with Gasteiger partial charge in [0.15, 0.2) is 8.32 Å². The van der Waals surface area contributed by atoms with Gasteiger partial charge in [0.05, 0.1) is 12.0 Å². The predicted octanol–water partition coefficient (Wildman–Crippen LogP) is 3.35. The SMILES string of the molecule is C=CCCC(=O)N1C[C@@H]([C@@H](C)O[Si](C)(C)C(C)(C)C)C1=O. The molecule has 1 saturated heterocycles. The molecule has 1 fully saturated rings. The molecule has 0 aromatic rings. The van der Waals surface area contributed by atoms with Crippen molar-refractivity contribution in [2.45, 2.75) is 64.8 Å². The van der Waals surface area contributed by atoms with Crippen LogP contribution in [0.1, 0.15) is 40.5 Å². The number of likely N-dealkylation sites (tertiary alicyclic amines) is 1. The molecule has 4 nitrogen and oxygen atoms in total. The third kappa shape index (κ3) is 4.04. The molecular formula is C16H29NO3Si. The van der Waals surface area contributed by atoms with Crippen molar-refractivity contribution < 1.29 is 14.0 Å². The third-order valence-electron chi connectivity index (χ3n) is 4.68. The zero-order valence-electron chi connectivity index (χ0n) is 14.2. The summed E-state index contributed by atoms with van der Waals surface area (Å²) in [5, 5.41) is 0.119. The van der Waals surface area contributed by atoms with Crippen molar-refractivity contribution in [3.63, 3.8) is 0 Å². The van der Waals surface area contributed by atoms with Gasteiger partial charge in [-0.05, 0) is 31.5 Å². The predicted molar refractivity (Wildman–Crippen MR) is 87.4 cm³/mol. The molecule has 1 rings (SSSR count). The molecule has 0 bridgehead atoms. The number of nitrogens with zero attached hydrogens (tertiary/aromatic N) is 1. The maximum atomic E-state index is 12.2. The van der Waals surface area contributed by atoms with E-state index in [0.717, 1.165) is 0 Å². The molecule has 0 N–H and O–H groups in total. The Morgan fingerprint density at radius 1 is 1.52 bits per heavy atom. The van der Waals surface area contributed by atoms with Gasteiger partial charge in [-0.1, -0.05) is 26.8 Å². The first-order valence-electron chi connectivity index (χ1n) is 7.64. The quantitative estimate of drug-likeness (QED) is 0.429. The van der Waals surface area contributed by atoms with Gasteiger partial charge < -0.3 is 4.43 Å². The van der Waals surface area contributed by atoms with E-state index < -0.39 is 8.32 Å². The van der Waals surface area contributed by atoms with E-state index in [1.165, 1.54) is 4.90 Å². The lowest BCUT2D eigenvalue weighted by Gasteiger charge is -2.44. The summed E-state index contributed by atoms with van der Waals surface area (Å²) < 4.78 is 6.25. The normalized spacial score (nSPS) is 21.0. The van der Waals surface area contributed by atoms with Crippen molar-refractivity contribution >= 4 is 20.1 Å². The van der Waals surface area contributed by atoms with Crippen molar-refractivity contribution in [1.29, 1.82) is 0 Å². The number of β-lactam (4-membered cyclic amide) rings is 1. The first kappa shape index (κ1) is 18.1. The number of amides is 2. The van der Waals surface area contributed by atoms with Crippen LogP contribution in [0, 0.1) is 5.92 Å². The van der Waals surface area contributed by atoms with Crippen LogP contribution in [-0.2, 0) is 14.0 Å². The lowest BCUT2D eigenvalue weighted by molar-refractivity contribution is -0.162. The summed E-state index contributed by atoms with van der Waals surface area (Å²) in [6.45, 7) is 16.9. The lowest BCUT2D eigenvalue weighted by Crippen LogP contribution is -2.60. The smallest absolute Gasteiger partial charge is 0.236 e. The van der Waals surface area contributed by atoms with Gasteiger partial charge in [0.1, 0.15) is 0 Å². The van der Waals surface area contributed by atoms with Gasteiger partial charge in [0.25, 0.3) is 0 Å². The fraction of sp³-hybridized carbons (Fsp3) is 0.750. The highest BCUT2D eigenvalue weighted by atomic mass is 28.4. The number of allylic oxidation sites excluding steroid dienone is 1. The summed E-state index contributed by atoms with van der Waals surface area (Å²) >= 11 is 0. The monoisotopic (exact) mass is 311 g/mol. The van der Waals surface area contributed by atoms with Gasteiger partial charge in [-0.15, -0.1) is 6.58 Å². The molecule has 21 heavy (non-hydrogen) atoms. The largest absolute Gasteiger partial charge is 0.413 e. The third-order valence-corrected chi connectivity index (χ3v) is 9.25. The number of hydrogen-bond acceptors (Lipinski definition) is 3. The minimum absolute atomic E-state index is 0.0877. The van der Waals surface area contributed by atoms with E-state index in [1.807, 2.05) is 6.92 Å². The van der Waals surface area contributed by atoms with Crippen LogP contribution in [0.5, 0.6) is 0 Å². The average molecular weight is 311 g/mol. The highest BCUT2D eigenvalue weighted by Crippen LogP contribution is 2.39. The molecule has 0 radical (unpaired) electrons. The van der Waals surface area contributed by atoms with Gasteiger partial charge in [0, 0.05) is 13.0 Å². The summed E-state index contributed by atoms with van der Waals surface area (Å²) in [4.78, 5) is 25.3. The Labute approximate surface area is 129 Å². The number of rotatable bonds is 6. The van der Waals surface area contributed by atoms with E-state index in [1.54, 1.807) is 6.08 Å². The Balaban J connectivity index is 2.56. The van der Waals surface area contributed by atoms with E-state index in [4.69, 9.17) is 4.43 Å². The van der Waals surface area contributed by atoms with Gasteiger partial charge >= 0.3 is 0 Å². The first-order chi connectivity index (χ1) is 9.51. The molecule has 2 atom stereocenters. The van der Waals surface area contributed by atoms with Gasteiger partial charge in [-0.2, -0.15) is 0 Å². The first-order valence-corrected chi connectivity index (χ1v) is 10.5. The molecular weight excluding hydrogens is 282 g/mol. The second-order valence-corrected chi connectivity index (χ2v) is 12.1. The van der Waals surface area contributed by atoms with E-state index in [2.05, 4.69) is 40.4 Å². The standard InChI is InChI=1S/C16H29NO3Si/c1-8-9-10-14(18)17-11-13(15(17)19)12(2)20-21(6,7)16(3,4)5/h8,12-13H,1,9-11H2,2-7H3/t12-,13+/m1/s1. The summed E-state index contributed by atoms with van der Waals surface area (Å²) in [7, 11) is -1.88. The Morgan fingerprint density at radius 3 is 2.52 bits per heavy atom. The minimum atomic E-state index is -1.88.